The number of nitrogens with one attached hydrogen (secondary N) is 1. The van der Waals surface area contributed by atoms with E-state index in [0.717, 1.165) is 12.8 Å². The van der Waals surface area contributed by atoms with Gasteiger partial charge in [-0.25, -0.2) is 8.42 Å². The van der Waals surface area contributed by atoms with Crippen molar-refractivity contribution in [3.63, 3.8) is 0 Å². The van der Waals surface area contributed by atoms with Crippen LogP contribution in [0, 0.1) is 0 Å². The van der Waals surface area contributed by atoms with Gasteiger partial charge in [-0.2, -0.15) is 0 Å². The molecule has 1 aliphatic carbocycles. The third-order valence-electron chi connectivity index (χ3n) is 2.22. The van der Waals surface area contributed by atoms with Gasteiger partial charge in [-0.1, -0.05) is 11.6 Å². The summed E-state index contributed by atoms with van der Waals surface area (Å²) in [7, 11) is -3.22. The molecule has 0 unspecified atom stereocenters. The van der Waals surface area contributed by atoms with Gasteiger partial charge in [0.15, 0.2) is 0 Å². The molecular formula is C9H11ClN2O2S. The lowest BCUT2D eigenvalue weighted by atomic mass is 10.3. The van der Waals surface area contributed by atoms with Gasteiger partial charge >= 0.3 is 0 Å². The molecule has 1 aliphatic rings. The summed E-state index contributed by atoms with van der Waals surface area (Å²) in [6, 6.07) is 4.68. The normalized spacial score (nSPS) is 16.3. The van der Waals surface area contributed by atoms with Crippen LogP contribution in [0.25, 0.3) is 0 Å². The van der Waals surface area contributed by atoms with E-state index in [9.17, 15) is 8.42 Å². The number of halogens is 1. The topological polar surface area (TPSA) is 72.2 Å². The molecule has 0 heterocycles. The highest BCUT2D eigenvalue weighted by Crippen LogP contribution is 2.30. The van der Waals surface area contributed by atoms with Gasteiger partial charge in [0, 0.05) is 0 Å². The maximum absolute atomic E-state index is 11.6. The summed E-state index contributed by atoms with van der Waals surface area (Å²) in [4.78, 5) is 0. The summed E-state index contributed by atoms with van der Waals surface area (Å²) >= 11 is 5.72. The molecule has 0 radical (unpaired) electrons. The van der Waals surface area contributed by atoms with Crippen molar-refractivity contribution < 1.29 is 8.42 Å². The van der Waals surface area contributed by atoms with E-state index in [1.165, 1.54) is 6.07 Å². The minimum absolute atomic E-state index is 0.241. The van der Waals surface area contributed by atoms with E-state index >= 15 is 0 Å². The molecule has 0 aromatic heterocycles. The van der Waals surface area contributed by atoms with E-state index in [1.807, 2.05) is 0 Å². The zero-order valence-corrected chi connectivity index (χ0v) is 9.48. The van der Waals surface area contributed by atoms with Gasteiger partial charge in [-0.3, -0.25) is 4.72 Å². The number of hydrogen-bond acceptors (Lipinski definition) is 3. The highest BCUT2D eigenvalue weighted by Gasteiger charge is 2.35. The SMILES string of the molecule is Nc1cc(NS(=O)(=O)C2CC2)ccc1Cl. The Morgan fingerprint density at radius 1 is 1.40 bits per heavy atom. The fraction of sp³-hybridized carbons (Fsp3) is 0.333. The molecule has 1 saturated carbocycles. The predicted molar refractivity (Wildman–Crippen MR) is 61.4 cm³/mol. The molecular weight excluding hydrogens is 236 g/mol. The lowest BCUT2D eigenvalue weighted by molar-refractivity contribution is 0.600. The fourth-order valence-electron chi connectivity index (χ4n) is 1.23. The minimum Gasteiger partial charge on any atom is -0.397 e. The zero-order chi connectivity index (χ0) is 11.1. The van der Waals surface area contributed by atoms with Crippen molar-refractivity contribution in [3.8, 4) is 0 Å². The van der Waals surface area contributed by atoms with Crippen molar-refractivity contribution in [3.05, 3.63) is 23.2 Å². The second kappa shape index (κ2) is 3.57. The first-order valence-electron chi connectivity index (χ1n) is 4.56. The van der Waals surface area contributed by atoms with E-state index in [4.69, 9.17) is 17.3 Å². The Hall–Kier alpha value is -0.940. The van der Waals surface area contributed by atoms with Crippen molar-refractivity contribution in [2.75, 3.05) is 10.5 Å². The van der Waals surface area contributed by atoms with Gasteiger partial charge in [0.25, 0.3) is 0 Å². The van der Waals surface area contributed by atoms with Crippen LogP contribution >= 0.6 is 11.6 Å². The summed E-state index contributed by atoms with van der Waals surface area (Å²) in [6.45, 7) is 0. The highest BCUT2D eigenvalue weighted by molar-refractivity contribution is 7.93. The van der Waals surface area contributed by atoms with Crippen LogP contribution in [0.4, 0.5) is 11.4 Å². The van der Waals surface area contributed by atoms with Gasteiger partial charge in [0.1, 0.15) is 0 Å². The lowest BCUT2D eigenvalue weighted by Crippen LogP contribution is -2.17. The average molecular weight is 247 g/mol. The first-order valence-corrected chi connectivity index (χ1v) is 6.48. The summed E-state index contributed by atoms with van der Waals surface area (Å²) < 4.78 is 25.6. The Bertz CT molecular complexity index is 483. The third kappa shape index (κ3) is 2.35. The second-order valence-corrected chi connectivity index (χ2v) is 5.95. The van der Waals surface area contributed by atoms with Crippen molar-refractivity contribution in [1.82, 2.24) is 0 Å². The molecule has 0 bridgehead atoms. The molecule has 0 amide bonds. The fourth-order valence-corrected chi connectivity index (χ4v) is 2.73. The second-order valence-electron chi connectivity index (χ2n) is 3.58. The van der Waals surface area contributed by atoms with Crippen LogP contribution in [0.15, 0.2) is 18.2 Å². The van der Waals surface area contributed by atoms with Crippen LogP contribution in [-0.4, -0.2) is 13.7 Å². The molecule has 1 aromatic rings. The van der Waals surface area contributed by atoms with Crippen LogP contribution in [0.1, 0.15) is 12.8 Å². The van der Waals surface area contributed by atoms with Crippen LogP contribution in [0.2, 0.25) is 5.02 Å². The molecule has 0 spiro atoms. The number of sulfonamides is 1. The highest BCUT2D eigenvalue weighted by atomic mass is 35.5. The first-order chi connectivity index (χ1) is 6.99. The van der Waals surface area contributed by atoms with Crippen LogP contribution in [0.3, 0.4) is 0 Å². The third-order valence-corrected chi connectivity index (χ3v) is 4.43. The molecule has 15 heavy (non-hydrogen) atoms. The predicted octanol–water partition coefficient (Wildman–Crippen LogP) is 1.83. The zero-order valence-electron chi connectivity index (χ0n) is 7.90. The van der Waals surface area contributed by atoms with E-state index in [2.05, 4.69) is 4.72 Å². The van der Waals surface area contributed by atoms with Crippen molar-refractivity contribution in [1.29, 1.82) is 0 Å². The molecule has 3 N–H and O–H groups in total. The quantitative estimate of drug-likeness (QED) is 0.800. The molecule has 0 atom stereocenters. The van der Waals surface area contributed by atoms with Gasteiger partial charge in [0.05, 0.1) is 21.6 Å². The van der Waals surface area contributed by atoms with Gasteiger partial charge in [-0.15, -0.1) is 0 Å². The standard InChI is InChI=1S/C9H11ClN2O2S/c10-8-4-1-6(5-9(8)11)12-15(13,14)7-2-3-7/h1,4-5,7,12H,2-3,11H2. The molecule has 6 heteroatoms. The van der Waals surface area contributed by atoms with Gasteiger partial charge < -0.3 is 5.73 Å². The number of benzene rings is 1. The smallest absolute Gasteiger partial charge is 0.235 e. The Balaban J connectivity index is 2.21. The van der Waals surface area contributed by atoms with Crippen LogP contribution in [-0.2, 0) is 10.0 Å². The van der Waals surface area contributed by atoms with Crippen molar-refractivity contribution in [2.45, 2.75) is 18.1 Å². The molecule has 1 fully saturated rings. The maximum atomic E-state index is 11.6. The van der Waals surface area contributed by atoms with E-state index < -0.39 is 10.0 Å². The van der Waals surface area contributed by atoms with E-state index in [-0.39, 0.29) is 5.25 Å². The summed E-state index contributed by atoms with van der Waals surface area (Å²) in [6.07, 6.45) is 1.47. The number of anilines is 2. The summed E-state index contributed by atoms with van der Waals surface area (Å²) in [5.74, 6) is 0. The molecule has 82 valence electrons. The maximum Gasteiger partial charge on any atom is 0.235 e. The van der Waals surface area contributed by atoms with Crippen molar-refractivity contribution >= 4 is 33.0 Å². The number of nitrogens with two attached hydrogens (primary N) is 1. The Morgan fingerprint density at radius 2 is 2.07 bits per heavy atom. The van der Waals surface area contributed by atoms with E-state index in [0.29, 0.717) is 16.4 Å². The van der Waals surface area contributed by atoms with E-state index in [1.54, 1.807) is 12.1 Å². The van der Waals surface area contributed by atoms with Gasteiger partial charge in [-0.05, 0) is 31.0 Å². The van der Waals surface area contributed by atoms with Crippen molar-refractivity contribution in [2.24, 2.45) is 0 Å². The molecule has 2 rings (SSSR count). The molecule has 4 nitrogen and oxygen atoms in total. The molecule has 0 saturated heterocycles. The number of nitrogen functional groups attached to an aromatic ring is 1. The first kappa shape index (κ1) is 10.6. The van der Waals surface area contributed by atoms with Gasteiger partial charge in [0.2, 0.25) is 10.0 Å². The number of hydrogen-bond donors (Lipinski definition) is 2. The Morgan fingerprint density at radius 3 is 2.60 bits per heavy atom. The number of rotatable bonds is 3. The van der Waals surface area contributed by atoms with Crippen LogP contribution < -0.4 is 10.5 Å². The summed E-state index contributed by atoms with van der Waals surface area (Å²) in [5.41, 5.74) is 6.39. The molecule has 0 aliphatic heterocycles. The Labute approximate surface area is 93.5 Å². The summed E-state index contributed by atoms with van der Waals surface area (Å²) in [5, 5.41) is 0.179. The van der Waals surface area contributed by atoms with Crippen LogP contribution in [0.5, 0.6) is 0 Å². The lowest BCUT2D eigenvalue weighted by Gasteiger charge is -2.07. The largest absolute Gasteiger partial charge is 0.397 e. The Kier molecular flexibility index (Phi) is 2.52. The molecule has 1 aromatic carbocycles. The minimum atomic E-state index is -3.22. The monoisotopic (exact) mass is 246 g/mol. The average Bonchev–Trinajstić information content (AvgIpc) is 2.93.